The molecule has 5 nitrogen and oxygen atoms in total. The highest BCUT2D eigenvalue weighted by atomic mass is 35.5. The average molecular weight is 279 g/mol. The minimum absolute atomic E-state index is 0.171. The van der Waals surface area contributed by atoms with Gasteiger partial charge in [-0.2, -0.15) is 5.10 Å². The van der Waals surface area contributed by atoms with Crippen molar-refractivity contribution < 1.29 is 4.79 Å². The third-order valence-corrected chi connectivity index (χ3v) is 3.15. The molecule has 2 aromatic rings. The third kappa shape index (κ3) is 3.32. The van der Waals surface area contributed by atoms with Crippen molar-refractivity contribution in [2.45, 2.75) is 18.8 Å². The number of amides is 1. The van der Waals surface area contributed by atoms with Crippen molar-refractivity contribution in [3.63, 3.8) is 0 Å². The van der Waals surface area contributed by atoms with Crippen molar-refractivity contribution in [1.82, 2.24) is 20.1 Å². The SMILES string of the molecule is Cc1nc(CN(C)C(=O)C(Cl)c2ccccc2)n[nH]1. The second kappa shape index (κ2) is 5.84. The van der Waals surface area contributed by atoms with E-state index >= 15 is 0 Å². The first-order chi connectivity index (χ1) is 9.08. The van der Waals surface area contributed by atoms with E-state index in [0.29, 0.717) is 12.4 Å². The molecule has 0 radical (unpaired) electrons. The molecule has 0 spiro atoms. The first-order valence-corrected chi connectivity index (χ1v) is 6.33. The van der Waals surface area contributed by atoms with Gasteiger partial charge in [-0.3, -0.25) is 9.89 Å². The number of hydrogen-bond donors (Lipinski definition) is 1. The number of alkyl halides is 1. The summed E-state index contributed by atoms with van der Waals surface area (Å²) in [5, 5.41) is 6.05. The summed E-state index contributed by atoms with van der Waals surface area (Å²) in [6, 6.07) is 9.27. The summed E-state index contributed by atoms with van der Waals surface area (Å²) in [5.41, 5.74) is 0.784. The lowest BCUT2D eigenvalue weighted by atomic mass is 10.1. The van der Waals surface area contributed by atoms with Crippen LogP contribution in [0.3, 0.4) is 0 Å². The fourth-order valence-electron chi connectivity index (χ4n) is 1.71. The standard InChI is InChI=1S/C13H15ClN4O/c1-9-15-11(17-16-9)8-18(2)13(19)12(14)10-6-4-3-5-7-10/h3-7,12H,8H2,1-2H3,(H,15,16,17). The van der Waals surface area contributed by atoms with Gasteiger partial charge in [-0.15, -0.1) is 11.6 Å². The molecule has 100 valence electrons. The summed E-state index contributed by atoms with van der Waals surface area (Å²) in [6.45, 7) is 2.14. The monoisotopic (exact) mass is 278 g/mol. The Morgan fingerprint density at radius 3 is 2.68 bits per heavy atom. The number of aromatic amines is 1. The van der Waals surface area contributed by atoms with Gasteiger partial charge in [0.05, 0.1) is 6.54 Å². The highest BCUT2D eigenvalue weighted by molar-refractivity contribution is 6.30. The maximum Gasteiger partial charge on any atom is 0.245 e. The number of aryl methyl sites for hydroxylation is 1. The van der Waals surface area contributed by atoms with Crippen LogP contribution in [-0.4, -0.2) is 33.0 Å². The van der Waals surface area contributed by atoms with Gasteiger partial charge in [0, 0.05) is 7.05 Å². The molecular weight excluding hydrogens is 264 g/mol. The summed E-state index contributed by atoms with van der Waals surface area (Å²) in [5.74, 6) is 1.13. The summed E-state index contributed by atoms with van der Waals surface area (Å²) < 4.78 is 0. The van der Waals surface area contributed by atoms with Gasteiger partial charge >= 0.3 is 0 Å². The van der Waals surface area contributed by atoms with Crippen LogP contribution in [0.15, 0.2) is 30.3 Å². The first kappa shape index (κ1) is 13.5. The van der Waals surface area contributed by atoms with Crippen LogP contribution in [0.1, 0.15) is 22.6 Å². The van der Waals surface area contributed by atoms with Gasteiger partial charge in [0.1, 0.15) is 11.2 Å². The van der Waals surface area contributed by atoms with Crippen LogP contribution < -0.4 is 0 Å². The summed E-state index contributed by atoms with van der Waals surface area (Å²) in [4.78, 5) is 17.9. The lowest BCUT2D eigenvalue weighted by Gasteiger charge is -2.19. The molecule has 1 unspecified atom stereocenters. The smallest absolute Gasteiger partial charge is 0.245 e. The fraction of sp³-hybridized carbons (Fsp3) is 0.308. The van der Waals surface area contributed by atoms with Crippen molar-refractivity contribution in [2.24, 2.45) is 0 Å². The van der Waals surface area contributed by atoms with Gasteiger partial charge in [-0.25, -0.2) is 4.98 Å². The molecule has 1 amide bonds. The molecule has 0 saturated carbocycles. The number of benzene rings is 1. The average Bonchev–Trinajstić information content (AvgIpc) is 2.83. The number of aromatic nitrogens is 3. The Bertz CT molecular complexity index is 555. The Balaban J connectivity index is 2.03. The minimum atomic E-state index is -0.689. The lowest BCUT2D eigenvalue weighted by Crippen LogP contribution is -2.29. The predicted molar refractivity (Wildman–Crippen MR) is 72.6 cm³/mol. The number of carbonyl (C=O) groups is 1. The number of rotatable bonds is 4. The Labute approximate surface area is 116 Å². The second-order valence-electron chi connectivity index (χ2n) is 4.30. The molecule has 1 atom stereocenters. The number of nitrogens with zero attached hydrogens (tertiary/aromatic N) is 3. The van der Waals surface area contributed by atoms with E-state index in [2.05, 4.69) is 15.2 Å². The zero-order chi connectivity index (χ0) is 13.8. The number of likely N-dealkylation sites (N-methyl/N-ethyl adjacent to an activating group) is 1. The van der Waals surface area contributed by atoms with Crippen molar-refractivity contribution in [3.8, 4) is 0 Å². The normalized spacial score (nSPS) is 12.2. The van der Waals surface area contributed by atoms with Gasteiger partial charge in [0.15, 0.2) is 5.82 Å². The quantitative estimate of drug-likeness (QED) is 0.871. The van der Waals surface area contributed by atoms with E-state index in [9.17, 15) is 4.79 Å². The predicted octanol–water partition coefficient (Wildman–Crippen LogP) is 2.05. The number of halogens is 1. The summed E-state index contributed by atoms with van der Waals surface area (Å²) in [7, 11) is 1.69. The van der Waals surface area contributed by atoms with Crippen LogP contribution in [-0.2, 0) is 11.3 Å². The molecule has 2 rings (SSSR count). The number of carbonyl (C=O) groups excluding carboxylic acids is 1. The topological polar surface area (TPSA) is 61.9 Å². The van der Waals surface area contributed by atoms with E-state index in [1.54, 1.807) is 7.05 Å². The highest BCUT2D eigenvalue weighted by Crippen LogP contribution is 2.22. The molecule has 6 heteroatoms. The van der Waals surface area contributed by atoms with Crippen LogP contribution in [0.5, 0.6) is 0 Å². The number of H-pyrrole nitrogens is 1. The Morgan fingerprint density at radius 2 is 2.11 bits per heavy atom. The Morgan fingerprint density at radius 1 is 1.42 bits per heavy atom. The molecule has 0 aliphatic rings. The van der Waals surface area contributed by atoms with E-state index in [4.69, 9.17) is 11.6 Å². The molecular formula is C13H15ClN4O. The van der Waals surface area contributed by atoms with Crippen LogP contribution in [0.4, 0.5) is 0 Å². The molecule has 19 heavy (non-hydrogen) atoms. The van der Waals surface area contributed by atoms with Crippen molar-refractivity contribution in [3.05, 3.63) is 47.5 Å². The fourth-order valence-corrected chi connectivity index (χ4v) is 2.02. The molecule has 0 fully saturated rings. The van der Waals surface area contributed by atoms with Crippen LogP contribution in [0.2, 0.25) is 0 Å². The molecule has 1 heterocycles. The molecule has 0 bridgehead atoms. The molecule has 1 aromatic carbocycles. The van der Waals surface area contributed by atoms with Crippen LogP contribution >= 0.6 is 11.6 Å². The van der Waals surface area contributed by atoms with Gasteiger partial charge in [-0.05, 0) is 12.5 Å². The lowest BCUT2D eigenvalue weighted by molar-refractivity contribution is -0.130. The van der Waals surface area contributed by atoms with E-state index in [1.807, 2.05) is 37.3 Å². The van der Waals surface area contributed by atoms with E-state index in [0.717, 1.165) is 11.4 Å². The zero-order valence-corrected chi connectivity index (χ0v) is 11.6. The van der Waals surface area contributed by atoms with Crippen LogP contribution in [0.25, 0.3) is 0 Å². The van der Waals surface area contributed by atoms with Gasteiger partial charge < -0.3 is 4.90 Å². The Hall–Kier alpha value is -1.88. The number of nitrogens with one attached hydrogen (secondary N) is 1. The molecule has 0 aliphatic heterocycles. The van der Waals surface area contributed by atoms with Crippen molar-refractivity contribution in [1.29, 1.82) is 0 Å². The van der Waals surface area contributed by atoms with Crippen molar-refractivity contribution >= 4 is 17.5 Å². The van der Waals surface area contributed by atoms with E-state index in [-0.39, 0.29) is 5.91 Å². The first-order valence-electron chi connectivity index (χ1n) is 5.90. The highest BCUT2D eigenvalue weighted by Gasteiger charge is 2.22. The minimum Gasteiger partial charge on any atom is -0.337 e. The largest absolute Gasteiger partial charge is 0.337 e. The van der Waals surface area contributed by atoms with Gasteiger partial charge in [-0.1, -0.05) is 30.3 Å². The summed E-state index contributed by atoms with van der Waals surface area (Å²) in [6.07, 6.45) is 0. The van der Waals surface area contributed by atoms with Gasteiger partial charge in [0.25, 0.3) is 0 Å². The molecule has 0 saturated heterocycles. The zero-order valence-electron chi connectivity index (χ0n) is 10.8. The maximum atomic E-state index is 12.2. The van der Waals surface area contributed by atoms with E-state index < -0.39 is 5.38 Å². The molecule has 0 aliphatic carbocycles. The van der Waals surface area contributed by atoms with Gasteiger partial charge in [0.2, 0.25) is 5.91 Å². The maximum absolute atomic E-state index is 12.2. The van der Waals surface area contributed by atoms with Crippen molar-refractivity contribution in [2.75, 3.05) is 7.05 Å². The second-order valence-corrected chi connectivity index (χ2v) is 4.74. The summed E-state index contributed by atoms with van der Waals surface area (Å²) >= 11 is 6.18. The van der Waals surface area contributed by atoms with Crippen LogP contribution in [0, 0.1) is 6.92 Å². The Kier molecular flexibility index (Phi) is 4.16. The molecule has 1 aromatic heterocycles. The van der Waals surface area contributed by atoms with E-state index in [1.165, 1.54) is 4.90 Å². The third-order valence-electron chi connectivity index (χ3n) is 2.71. The molecule has 1 N–H and O–H groups in total. The number of hydrogen-bond acceptors (Lipinski definition) is 3.